The van der Waals surface area contributed by atoms with Crippen LogP contribution in [0.15, 0.2) is 77.2 Å². The average molecular weight is 605 g/mol. The van der Waals surface area contributed by atoms with E-state index >= 15 is 4.39 Å². The third-order valence-corrected chi connectivity index (χ3v) is 6.14. The summed E-state index contributed by atoms with van der Waals surface area (Å²) in [6.07, 6.45) is -1.82. The number of carbonyl (C=O) groups is 2. The fourth-order valence-electron chi connectivity index (χ4n) is 3.93. The number of nitrogens with one attached hydrogen (secondary N) is 3. The number of hydrogen-bond acceptors (Lipinski definition) is 7. The van der Waals surface area contributed by atoms with Crippen molar-refractivity contribution in [3.05, 3.63) is 94.2 Å². The van der Waals surface area contributed by atoms with Gasteiger partial charge in [-0.05, 0) is 43.3 Å². The van der Waals surface area contributed by atoms with Gasteiger partial charge in [-0.15, -0.1) is 0 Å². The average Bonchev–Trinajstić information content (AvgIpc) is 3.40. The van der Waals surface area contributed by atoms with Crippen LogP contribution in [0.5, 0.6) is 5.88 Å². The molecule has 5 rings (SSSR count). The van der Waals surface area contributed by atoms with Crippen molar-refractivity contribution in [2.24, 2.45) is 4.99 Å². The number of fused-ring (bicyclic) bond motifs is 1. The number of amides is 1. The number of aromatic amines is 1. The summed E-state index contributed by atoms with van der Waals surface area (Å²) in [7, 11) is 1.53. The van der Waals surface area contributed by atoms with Gasteiger partial charge in [0.25, 0.3) is 5.91 Å². The molecule has 0 saturated heterocycles. The highest BCUT2D eigenvalue weighted by atomic mass is 35.5. The number of carboxylic acids is 1. The molecule has 15 heteroatoms. The summed E-state index contributed by atoms with van der Waals surface area (Å²) in [6, 6.07) is 12.3. The molecule has 1 atom stereocenters. The highest BCUT2D eigenvalue weighted by Crippen LogP contribution is 2.35. The Balaban J connectivity index is 0.000000517. The van der Waals surface area contributed by atoms with Crippen molar-refractivity contribution < 1.29 is 37.0 Å². The van der Waals surface area contributed by atoms with E-state index in [-0.39, 0.29) is 16.2 Å². The van der Waals surface area contributed by atoms with Crippen molar-refractivity contribution >= 4 is 45.9 Å². The van der Waals surface area contributed by atoms with Gasteiger partial charge in [0.1, 0.15) is 17.7 Å². The second-order valence-corrected chi connectivity index (χ2v) is 9.16. The number of aromatic nitrogens is 3. The maximum absolute atomic E-state index is 15.0. The fourth-order valence-corrected chi connectivity index (χ4v) is 4.08. The molecule has 4 N–H and O–H groups in total. The molecule has 0 radical (unpaired) electrons. The Hall–Kier alpha value is -4.98. The quantitative estimate of drug-likeness (QED) is 0.224. The van der Waals surface area contributed by atoms with Gasteiger partial charge in [0, 0.05) is 45.2 Å². The number of hydrogen-bond donors (Lipinski definition) is 4. The Morgan fingerprint density at radius 1 is 1.10 bits per heavy atom. The molecule has 1 aliphatic rings. The summed E-state index contributed by atoms with van der Waals surface area (Å²) >= 11 is 5.97. The highest BCUT2D eigenvalue weighted by molar-refractivity contribution is 6.30. The lowest BCUT2D eigenvalue weighted by molar-refractivity contribution is -0.192. The zero-order valence-corrected chi connectivity index (χ0v) is 22.5. The lowest BCUT2D eigenvalue weighted by Crippen LogP contribution is -2.34. The van der Waals surface area contributed by atoms with Crippen LogP contribution in [-0.2, 0) is 9.59 Å². The Labute approximate surface area is 240 Å². The summed E-state index contributed by atoms with van der Waals surface area (Å²) in [4.78, 5) is 31.3. The van der Waals surface area contributed by atoms with Crippen molar-refractivity contribution in [1.82, 2.24) is 20.5 Å². The van der Waals surface area contributed by atoms with Gasteiger partial charge in [0.15, 0.2) is 0 Å². The summed E-state index contributed by atoms with van der Waals surface area (Å²) in [6.45, 7) is 1.75. The first-order valence-electron chi connectivity index (χ1n) is 11.9. The Morgan fingerprint density at radius 3 is 2.45 bits per heavy atom. The number of aliphatic carboxylic acids is 1. The Morgan fingerprint density at radius 2 is 1.83 bits per heavy atom. The molecule has 1 amide bonds. The molecule has 1 aliphatic heterocycles. The van der Waals surface area contributed by atoms with Crippen LogP contribution < -0.4 is 15.4 Å². The summed E-state index contributed by atoms with van der Waals surface area (Å²) in [5.74, 6) is -2.82. The number of allylic oxidation sites excluding steroid dienone is 1. The zero-order valence-electron chi connectivity index (χ0n) is 21.8. The zero-order chi connectivity index (χ0) is 30.6. The van der Waals surface area contributed by atoms with E-state index in [1.165, 1.54) is 13.2 Å². The molecule has 0 spiro atoms. The maximum Gasteiger partial charge on any atom is 0.490 e. The lowest BCUT2D eigenvalue weighted by atomic mass is 9.94. The molecule has 42 heavy (non-hydrogen) atoms. The molecule has 2 aromatic carbocycles. The topological polar surface area (TPSA) is 142 Å². The third-order valence-electron chi connectivity index (χ3n) is 5.90. The van der Waals surface area contributed by atoms with Crippen LogP contribution in [0.2, 0.25) is 5.02 Å². The number of carboxylic acid groups (broad SMARTS) is 1. The normalized spacial score (nSPS) is 14.8. The van der Waals surface area contributed by atoms with Gasteiger partial charge >= 0.3 is 12.1 Å². The summed E-state index contributed by atoms with van der Waals surface area (Å²) in [5, 5.41) is 21.2. The van der Waals surface area contributed by atoms with Crippen LogP contribution in [-0.4, -0.2) is 51.3 Å². The lowest BCUT2D eigenvalue weighted by Gasteiger charge is -2.27. The first-order valence-corrected chi connectivity index (χ1v) is 12.3. The van der Waals surface area contributed by atoms with Gasteiger partial charge in [-0.25, -0.2) is 14.2 Å². The predicted octanol–water partition coefficient (Wildman–Crippen LogP) is 5.40. The van der Waals surface area contributed by atoms with Crippen molar-refractivity contribution in [2.45, 2.75) is 19.1 Å². The minimum absolute atomic E-state index is 0.227. The number of benzene rings is 2. The largest absolute Gasteiger partial charge is 0.490 e. The number of pyridine rings is 1. The van der Waals surface area contributed by atoms with E-state index in [9.17, 15) is 18.0 Å². The van der Waals surface area contributed by atoms with E-state index in [2.05, 4.69) is 25.8 Å². The van der Waals surface area contributed by atoms with E-state index < -0.39 is 29.9 Å². The molecular formula is C27H21ClF4N6O4. The number of carbonyl (C=O) groups excluding carboxylic acids is 1. The SMILES string of the molecule is COc1ccc(C2=NC(c3ccc(Cl)cc3F)C(C(=O)Nc3ccc4[nH]ncc4c3)=C(C)N2)cn1.O=C(O)C(F)(F)F. The second-order valence-electron chi connectivity index (χ2n) is 8.73. The van der Waals surface area contributed by atoms with E-state index in [1.807, 2.05) is 6.07 Å². The molecule has 218 valence electrons. The van der Waals surface area contributed by atoms with Crippen LogP contribution in [0.1, 0.15) is 24.1 Å². The molecule has 3 heterocycles. The number of H-pyrrole nitrogens is 1. The van der Waals surface area contributed by atoms with E-state index in [0.717, 1.165) is 10.9 Å². The molecule has 2 aromatic heterocycles. The molecular weight excluding hydrogens is 584 g/mol. The van der Waals surface area contributed by atoms with E-state index in [1.54, 1.807) is 55.7 Å². The molecule has 0 aliphatic carbocycles. The number of aliphatic imine (C=N–C) groups is 1. The molecule has 1 unspecified atom stereocenters. The Kier molecular flexibility index (Phi) is 8.76. The number of alkyl halides is 3. The van der Waals surface area contributed by atoms with Gasteiger partial charge in [0.05, 0.1) is 24.4 Å². The molecule has 10 nitrogen and oxygen atoms in total. The first-order chi connectivity index (χ1) is 19.9. The van der Waals surface area contributed by atoms with Crippen LogP contribution in [0.4, 0.5) is 23.2 Å². The predicted molar refractivity (Wildman–Crippen MR) is 146 cm³/mol. The summed E-state index contributed by atoms with van der Waals surface area (Å²) in [5.41, 5.74) is 3.13. The van der Waals surface area contributed by atoms with Crippen LogP contribution >= 0.6 is 11.6 Å². The van der Waals surface area contributed by atoms with Crippen molar-refractivity contribution in [2.75, 3.05) is 12.4 Å². The van der Waals surface area contributed by atoms with Gasteiger partial charge in [-0.1, -0.05) is 17.7 Å². The number of nitrogens with zero attached hydrogens (tertiary/aromatic N) is 3. The number of methoxy groups -OCH3 is 1. The van der Waals surface area contributed by atoms with Gasteiger partial charge < -0.3 is 20.5 Å². The molecule has 4 aromatic rings. The first kappa shape index (κ1) is 30.0. The fraction of sp³-hybridized carbons (Fsp3) is 0.148. The number of anilines is 1. The van der Waals surface area contributed by atoms with Gasteiger partial charge in [-0.3, -0.25) is 14.9 Å². The van der Waals surface area contributed by atoms with Crippen molar-refractivity contribution in [1.29, 1.82) is 0 Å². The minimum atomic E-state index is -5.08. The van der Waals surface area contributed by atoms with Gasteiger partial charge in [-0.2, -0.15) is 18.3 Å². The van der Waals surface area contributed by atoms with Crippen LogP contribution in [0, 0.1) is 5.82 Å². The number of halogens is 5. The standard InChI is InChI=1S/C25H20ClFN6O2.C2HF3O2/c1-13-22(25(34)31-17-5-7-20-15(9-17)12-29-33-20)23(18-6-4-16(26)10-19(18)27)32-24(30-13)14-3-8-21(35-2)28-11-14;3-2(4,5)1(6)7/h3-12,23H,1-2H3,(H,29,33)(H,30,32)(H,31,34);(H,6,7). The van der Waals surface area contributed by atoms with Crippen molar-refractivity contribution in [3.63, 3.8) is 0 Å². The number of rotatable bonds is 5. The van der Waals surface area contributed by atoms with E-state index in [4.69, 9.17) is 31.2 Å². The summed E-state index contributed by atoms with van der Waals surface area (Å²) < 4.78 is 51.9. The van der Waals surface area contributed by atoms with Gasteiger partial charge in [0.2, 0.25) is 5.88 Å². The third kappa shape index (κ3) is 6.83. The van der Waals surface area contributed by atoms with Crippen LogP contribution in [0.3, 0.4) is 0 Å². The molecule has 0 fully saturated rings. The van der Waals surface area contributed by atoms with Crippen molar-refractivity contribution in [3.8, 4) is 5.88 Å². The smallest absolute Gasteiger partial charge is 0.481 e. The maximum atomic E-state index is 15.0. The van der Waals surface area contributed by atoms with Crippen LogP contribution in [0.25, 0.3) is 10.9 Å². The number of amidine groups is 1. The minimum Gasteiger partial charge on any atom is -0.481 e. The van der Waals surface area contributed by atoms with E-state index in [0.29, 0.717) is 28.7 Å². The molecule has 0 bridgehead atoms. The number of ether oxygens (including phenoxy) is 1. The Bertz CT molecular complexity index is 1700. The highest BCUT2D eigenvalue weighted by Gasteiger charge is 2.38. The second kappa shape index (κ2) is 12.3. The monoisotopic (exact) mass is 604 g/mol. The molecule has 0 saturated carbocycles.